The Morgan fingerprint density at radius 3 is 2.73 bits per heavy atom. The van der Waals surface area contributed by atoms with Gasteiger partial charge in [0, 0.05) is 11.0 Å². The van der Waals surface area contributed by atoms with E-state index in [-0.39, 0.29) is 5.82 Å². The van der Waals surface area contributed by atoms with Crippen molar-refractivity contribution in [1.82, 2.24) is 0 Å². The highest BCUT2D eigenvalue weighted by atomic mass is 32.1. The number of benzene rings is 1. The average molecular weight is 172 g/mol. The molecule has 0 aliphatic rings. The van der Waals surface area contributed by atoms with E-state index in [2.05, 4.69) is 12.6 Å². The van der Waals surface area contributed by atoms with Crippen LogP contribution in [-0.4, -0.2) is 6.61 Å². The zero-order valence-electron chi connectivity index (χ0n) is 6.17. The van der Waals surface area contributed by atoms with Gasteiger partial charge in [0.05, 0.1) is 6.61 Å². The van der Waals surface area contributed by atoms with Crippen molar-refractivity contribution >= 4 is 12.6 Å². The van der Waals surface area contributed by atoms with Crippen molar-refractivity contribution in [1.29, 1.82) is 0 Å². The second-order valence-electron chi connectivity index (χ2n) is 2.08. The average Bonchev–Trinajstić information content (AvgIpc) is 1.85. The standard InChI is InChI=1S/C8H9FOS/c1-2-10-7-3-6(9)4-8(11)5-7/h3-5,11H,2H2,1H3. The van der Waals surface area contributed by atoms with Crippen LogP contribution in [0.1, 0.15) is 6.92 Å². The van der Waals surface area contributed by atoms with Gasteiger partial charge in [0.1, 0.15) is 11.6 Å². The summed E-state index contributed by atoms with van der Waals surface area (Å²) in [6.07, 6.45) is 0. The minimum atomic E-state index is -0.319. The Balaban J connectivity index is 2.89. The Hall–Kier alpha value is -0.700. The van der Waals surface area contributed by atoms with Gasteiger partial charge in [-0.15, -0.1) is 12.6 Å². The van der Waals surface area contributed by atoms with Crippen LogP contribution < -0.4 is 4.74 Å². The molecule has 0 aliphatic carbocycles. The van der Waals surface area contributed by atoms with Crippen molar-refractivity contribution in [3.05, 3.63) is 24.0 Å². The van der Waals surface area contributed by atoms with Gasteiger partial charge in [-0.3, -0.25) is 0 Å². The van der Waals surface area contributed by atoms with Gasteiger partial charge in [-0.25, -0.2) is 4.39 Å². The molecule has 0 saturated heterocycles. The van der Waals surface area contributed by atoms with Crippen LogP contribution in [0, 0.1) is 5.82 Å². The van der Waals surface area contributed by atoms with Crippen LogP contribution in [0.25, 0.3) is 0 Å². The molecular formula is C8H9FOS. The molecule has 60 valence electrons. The van der Waals surface area contributed by atoms with E-state index in [9.17, 15) is 4.39 Å². The molecule has 0 bridgehead atoms. The molecule has 11 heavy (non-hydrogen) atoms. The summed E-state index contributed by atoms with van der Waals surface area (Å²) in [5.41, 5.74) is 0. The molecule has 0 aromatic heterocycles. The van der Waals surface area contributed by atoms with E-state index in [1.165, 1.54) is 12.1 Å². The van der Waals surface area contributed by atoms with Crippen molar-refractivity contribution < 1.29 is 9.13 Å². The predicted octanol–water partition coefficient (Wildman–Crippen LogP) is 2.51. The summed E-state index contributed by atoms with van der Waals surface area (Å²) in [7, 11) is 0. The lowest BCUT2D eigenvalue weighted by Gasteiger charge is -2.02. The summed E-state index contributed by atoms with van der Waals surface area (Å²) in [6, 6.07) is 4.35. The van der Waals surface area contributed by atoms with Crippen molar-refractivity contribution in [3.8, 4) is 5.75 Å². The van der Waals surface area contributed by atoms with E-state index in [4.69, 9.17) is 4.74 Å². The first kappa shape index (κ1) is 8.40. The van der Waals surface area contributed by atoms with Crippen LogP contribution in [0.4, 0.5) is 4.39 Å². The molecule has 1 aromatic carbocycles. The molecule has 3 heteroatoms. The Morgan fingerprint density at radius 2 is 2.18 bits per heavy atom. The summed E-state index contributed by atoms with van der Waals surface area (Å²) < 4.78 is 17.7. The molecule has 0 unspecified atom stereocenters. The first-order valence-electron chi connectivity index (χ1n) is 3.34. The smallest absolute Gasteiger partial charge is 0.128 e. The normalized spacial score (nSPS) is 9.73. The van der Waals surface area contributed by atoms with Gasteiger partial charge in [-0.1, -0.05) is 0 Å². The SMILES string of the molecule is CCOc1cc(F)cc(S)c1. The highest BCUT2D eigenvalue weighted by Gasteiger charge is 1.97. The first-order chi connectivity index (χ1) is 5.22. The van der Waals surface area contributed by atoms with Gasteiger partial charge in [-0.05, 0) is 19.1 Å². The lowest BCUT2D eigenvalue weighted by atomic mass is 10.3. The topological polar surface area (TPSA) is 9.23 Å². The fourth-order valence-electron chi connectivity index (χ4n) is 0.798. The lowest BCUT2D eigenvalue weighted by molar-refractivity contribution is 0.337. The third-order valence-corrected chi connectivity index (χ3v) is 1.43. The van der Waals surface area contributed by atoms with Gasteiger partial charge >= 0.3 is 0 Å². The van der Waals surface area contributed by atoms with Crippen molar-refractivity contribution in [2.24, 2.45) is 0 Å². The number of thiol groups is 1. The maximum Gasteiger partial charge on any atom is 0.128 e. The summed E-state index contributed by atoms with van der Waals surface area (Å²) in [4.78, 5) is 0.577. The van der Waals surface area contributed by atoms with Crippen molar-refractivity contribution in [2.75, 3.05) is 6.61 Å². The van der Waals surface area contributed by atoms with Gasteiger partial charge < -0.3 is 4.74 Å². The molecule has 0 aliphatic heterocycles. The molecule has 0 spiro atoms. The van der Waals surface area contributed by atoms with Crippen LogP contribution in [-0.2, 0) is 0 Å². The Bertz CT molecular complexity index is 230. The van der Waals surface area contributed by atoms with Crippen molar-refractivity contribution in [3.63, 3.8) is 0 Å². The van der Waals surface area contributed by atoms with E-state index in [0.717, 1.165) is 0 Å². The fourth-order valence-corrected chi connectivity index (χ4v) is 1.05. The van der Waals surface area contributed by atoms with Gasteiger partial charge in [0.25, 0.3) is 0 Å². The second kappa shape index (κ2) is 3.62. The molecule has 0 atom stereocenters. The van der Waals surface area contributed by atoms with E-state index in [1.807, 2.05) is 6.92 Å². The van der Waals surface area contributed by atoms with E-state index < -0.39 is 0 Å². The third kappa shape index (κ3) is 2.42. The molecule has 0 heterocycles. The highest BCUT2D eigenvalue weighted by Crippen LogP contribution is 2.18. The van der Waals surface area contributed by atoms with E-state index >= 15 is 0 Å². The molecule has 0 amide bonds. The first-order valence-corrected chi connectivity index (χ1v) is 3.79. The van der Waals surface area contributed by atoms with Crippen LogP contribution in [0.3, 0.4) is 0 Å². The lowest BCUT2D eigenvalue weighted by Crippen LogP contribution is -1.91. The zero-order valence-corrected chi connectivity index (χ0v) is 7.07. The molecule has 0 saturated carbocycles. The number of halogens is 1. The zero-order chi connectivity index (χ0) is 8.27. The summed E-state index contributed by atoms with van der Waals surface area (Å²) in [5.74, 6) is 0.207. The fraction of sp³-hybridized carbons (Fsp3) is 0.250. The summed E-state index contributed by atoms with van der Waals surface area (Å²) >= 11 is 4.00. The number of rotatable bonds is 2. The molecule has 1 aromatic rings. The summed E-state index contributed by atoms with van der Waals surface area (Å²) in [6.45, 7) is 2.39. The monoisotopic (exact) mass is 172 g/mol. The molecule has 1 rings (SSSR count). The minimum Gasteiger partial charge on any atom is -0.494 e. The van der Waals surface area contributed by atoms with Crippen LogP contribution in [0.5, 0.6) is 5.75 Å². The van der Waals surface area contributed by atoms with Crippen LogP contribution >= 0.6 is 12.6 Å². The molecule has 0 fully saturated rings. The second-order valence-corrected chi connectivity index (χ2v) is 2.59. The van der Waals surface area contributed by atoms with Crippen molar-refractivity contribution in [2.45, 2.75) is 11.8 Å². The van der Waals surface area contributed by atoms with Gasteiger partial charge in [-0.2, -0.15) is 0 Å². The molecule has 0 N–H and O–H groups in total. The number of hydrogen-bond acceptors (Lipinski definition) is 2. The molecular weight excluding hydrogens is 163 g/mol. The number of hydrogen-bond donors (Lipinski definition) is 1. The Kier molecular flexibility index (Phi) is 2.76. The largest absolute Gasteiger partial charge is 0.494 e. The van der Waals surface area contributed by atoms with Crippen LogP contribution in [0.2, 0.25) is 0 Å². The number of ether oxygens (including phenoxy) is 1. The van der Waals surface area contributed by atoms with Gasteiger partial charge in [0.15, 0.2) is 0 Å². The maximum absolute atomic E-state index is 12.6. The van der Waals surface area contributed by atoms with E-state index in [0.29, 0.717) is 17.3 Å². The third-order valence-electron chi connectivity index (χ3n) is 1.17. The minimum absolute atomic E-state index is 0.319. The maximum atomic E-state index is 12.6. The Labute approximate surface area is 70.6 Å². The Morgan fingerprint density at radius 1 is 1.45 bits per heavy atom. The van der Waals surface area contributed by atoms with E-state index in [1.54, 1.807) is 6.07 Å². The predicted molar refractivity (Wildman–Crippen MR) is 44.8 cm³/mol. The summed E-state index contributed by atoms with van der Waals surface area (Å²) in [5, 5.41) is 0. The molecule has 0 radical (unpaired) electrons. The quantitative estimate of drug-likeness (QED) is 0.674. The van der Waals surface area contributed by atoms with Gasteiger partial charge in [0.2, 0.25) is 0 Å². The molecule has 1 nitrogen and oxygen atoms in total. The highest BCUT2D eigenvalue weighted by molar-refractivity contribution is 7.80. The van der Waals surface area contributed by atoms with Crippen LogP contribution in [0.15, 0.2) is 23.1 Å².